The minimum absolute atomic E-state index is 0.0649. The number of hydrogen-bond acceptors (Lipinski definition) is 4. The number of aromatic nitrogens is 1. The third kappa shape index (κ3) is 3.09. The zero-order valence-corrected chi connectivity index (χ0v) is 10.8. The van der Waals surface area contributed by atoms with Gasteiger partial charge in [-0.25, -0.2) is 4.98 Å². The standard InChI is InChI=1S/C14H9ClN2O2/c1-9(18)11-3-4-13(12(15)6-11)19-14-5-2-10(7-16)8-17-14/h2-6,8H,1H3. The van der Waals surface area contributed by atoms with Crippen molar-refractivity contribution >= 4 is 17.4 Å². The maximum Gasteiger partial charge on any atom is 0.219 e. The number of Topliss-reactive ketones (excluding diaryl/α,β-unsaturated/α-hetero) is 1. The summed E-state index contributed by atoms with van der Waals surface area (Å²) in [6.07, 6.45) is 1.41. The number of benzene rings is 1. The predicted molar refractivity (Wildman–Crippen MR) is 70.5 cm³/mol. The van der Waals surface area contributed by atoms with Gasteiger partial charge in [-0.2, -0.15) is 5.26 Å². The molecule has 19 heavy (non-hydrogen) atoms. The zero-order chi connectivity index (χ0) is 13.8. The second-order valence-electron chi connectivity index (χ2n) is 3.80. The Bertz CT molecular complexity index is 660. The minimum atomic E-state index is -0.0649. The first-order valence-corrected chi connectivity index (χ1v) is 5.82. The summed E-state index contributed by atoms with van der Waals surface area (Å²) in [5.41, 5.74) is 0.968. The highest BCUT2D eigenvalue weighted by molar-refractivity contribution is 6.32. The Morgan fingerprint density at radius 2 is 2.16 bits per heavy atom. The molecule has 0 unspecified atom stereocenters. The molecule has 0 N–H and O–H groups in total. The molecule has 0 saturated carbocycles. The Hall–Kier alpha value is -2.38. The average molecular weight is 273 g/mol. The number of halogens is 1. The lowest BCUT2D eigenvalue weighted by molar-refractivity contribution is 0.101. The van der Waals surface area contributed by atoms with E-state index < -0.39 is 0 Å². The Kier molecular flexibility index (Phi) is 3.79. The summed E-state index contributed by atoms with van der Waals surface area (Å²) < 4.78 is 5.48. The van der Waals surface area contributed by atoms with Gasteiger partial charge in [0.15, 0.2) is 5.78 Å². The van der Waals surface area contributed by atoms with Crippen LogP contribution in [0.2, 0.25) is 5.02 Å². The smallest absolute Gasteiger partial charge is 0.219 e. The highest BCUT2D eigenvalue weighted by Gasteiger charge is 2.07. The number of ketones is 1. The van der Waals surface area contributed by atoms with Crippen LogP contribution in [0.15, 0.2) is 36.5 Å². The van der Waals surface area contributed by atoms with E-state index in [1.54, 1.807) is 30.3 Å². The Morgan fingerprint density at radius 1 is 1.37 bits per heavy atom. The number of nitriles is 1. The van der Waals surface area contributed by atoms with Crippen LogP contribution < -0.4 is 4.74 Å². The number of rotatable bonds is 3. The highest BCUT2D eigenvalue weighted by atomic mass is 35.5. The van der Waals surface area contributed by atoms with E-state index >= 15 is 0 Å². The number of hydrogen-bond donors (Lipinski definition) is 0. The van der Waals surface area contributed by atoms with Crippen molar-refractivity contribution in [3.8, 4) is 17.7 Å². The lowest BCUT2D eigenvalue weighted by Gasteiger charge is -2.07. The van der Waals surface area contributed by atoms with Gasteiger partial charge in [-0.1, -0.05) is 11.6 Å². The monoisotopic (exact) mass is 272 g/mol. The molecule has 0 amide bonds. The van der Waals surface area contributed by atoms with Crippen molar-refractivity contribution in [1.29, 1.82) is 5.26 Å². The molecule has 1 aromatic heterocycles. The van der Waals surface area contributed by atoms with Crippen molar-refractivity contribution in [3.63, 3.8) is 0 Å². The fourth-order valence-electron chi connectivity index (χ4n) is 1.42. The van der Waals surface area contributed by atoms with Crippen molar-refractivity contribution in [1.82, 2.24) is 4.98 Å². The molecule has 0 aliphatic carbocycles. The van der Waals surface area contributed by atoms with Crippen molar-refractivity contribution in [2.24, 2.45) is 0 Å². The first kappa shape index (κ1) is 13.1. The van der Waals surface area contributed by atoms with Gasteiger partial charge in [0.05, 0.1) is 10.6 Å². The summed E-state index contributed by atoms with van der Waals surface area (Å²) in [5, 5.41) is 8.99. The SMILES string of the molecule is CC(=O)c1ccc(Oc2ccc(C#N)cn2)c(Cl)c1. The van der Waals surface area contributed by atoms with Gasteiger partial charge in [-0.05, 0) is 31.2 Å². The van der Waals surface area contributed by atoms with E-state index in [1.807, 2.05) is 6.07 Å². The number of ether oxygens (including phenoxy) is 1. The molecule has 0 fully saturated rings. The Labute approximate surface area is 115 Å². The molecular formula is C14H9ClN2O2. The topological polar surface area (TPSA) is 63.0 Å². The summed E-state index contributed by atoms with van der Waals surface area (Å²) in [6.45, 7) is 1.47. The Morgan fingerprint density at radius 3 is 2.68 bits per heavy atom. The lowest BCUT2D eigenvalue weighted by atomic mass is 10.1. The second-order valence-corrected chi connectivity index (χ2v) is 4.21. The van der Waals surface area contributed by atoms with Gasteiger partial charge in [0.1, 0.15) is 11.8 Å². The quantitative estimate of drug-likeness (QED) is 0.801. The number of pyridine rings is 1. The summed E-state index contributed by atoms with van der Waals surface area (Å²) in [4.78, 5) is 15.2. The first-order chi connectivity index (χ1) is 9.10. The van der Waals surface area contributed by atoms with E-state index in [0.717, 1.165) is 0 Å². The highest BCUT2D eigenvalue weighted by Crippen LogP contribution is 2.29. The van der Waals surface area contributed by atoms with Crippen LogP contribution in [-0.2, 0) is 0 Å². The number of carbonyl (C=O) groups is 1. The molecule has 0 aliphatic rings. The van der Waals surface area contributed by atoms with Gasteiger partial charge in [0, 0.05) is 17.8 Å². The molecule has 5 heteroatoms. The van der Waals surface area contributed by atoms with Crippen LogP contribution in [-0.4, -0.2) is 10.8 Å². The molecule has 1 aromatic carbocycles. The first-order valence-electron chi connectivity index (χ1n) is 5.44. The van der Waals surface area contributed by atoms with E-state index in [0.29, 0.717) is 27.8 Å². The molecule has 2 rings (SSSR count). The molecule has 0 saturated heterocycles. The lowest BCUT2D eigenvalue weighted by Crippen LogP contribution is -1.94. The van der Waals surface area contributed by atoms with Gasteiger partial charge in [0.2, 0.25) is 5.88 Å². The molecular weight excluding hydrogens is 264 g/mol. The molecule has 0 bridgehead atoms. The largest absolute Gasteiger partial charge is 0.437 e. The third-order valence-electron chi connectivity index (χ3n) is 2.42. The minimum Gasteiger partial charge on any atom is -0.437 e. The van der Waals surface area contributed by atoms with E-state index in [2.05, 4.69) is 4.98 Å². The number of carbonyl (C=O) groups excluding carboxylic acids is 1. The van der Waals surface area contributed by atoms with Crippen LogP contribution in [0.1, 0.15) is 22.8 Å². The van der Waals surface area contributed by atoms with E-state index in [-0.39, 0.29) is 5.78 Å². The molecule has 1 heterocycles. The molecule has 4 nitrogen and oxygen atoms in total. The van der Waals surface area contributed by atoms with E-state index in [1.165, 1.54) is 13.1 Å². The number of nitrogens with zero attached hydrogens (tertiary/aromatic N) is 2. The maximum atomic E-state index is 11.2. The second kappa shape index (κ2) is 5.51. The molecule has 0 spiro atoms. The summed E-state index contributed by atoms with van der Waals surface area (Å²) >= 11 is 6.02. The van der Waals surface area contributed by atoms with E-state index in [9.17, 15) is 4.79 Å². The predicted octanol–water partition coefficient (Wildman–Crippen LogP) is 3.60. The van der Waals surface area contributed by atoms with Crippen LogP contribution in [0.5, 0.6) is 11.6 Å². The van der Waals surface area contributed by atoms with Gasteiger partial charge in [-0.15, -0.1) is 0 Å². The van der Waals surface area contributed by atoms with Crippen LogP contribution in [0.3, 0.4) is 0 Å². The average Bonchev–Trinajstić information content (AvgIpc) is 2.41. The van der Waals surface area contributed by atoms with Crippen molar-refractivity contribution < 1.29 is 9.53 Å². The van der Waals surface area contributed by atoms with Gasteiger partial charge < -0.3 is 4.74 Å². The molecule has 0 radical (unpaired) electrons. The van der Waals surface area contributed by atoms with Crippen molar-refractivity contribution in [2.75, 3.05) is 0 Å². The normalized spacial score (nSPS) is 9.74. The van der Waals surface area contributed by atoms with Crippen LogP contribution >= 0.6 is 11.6 Å². The fraction of sp³-hybridized carbons (Fsp3) is 0.0714. The molecule has 2 aromatic rings. The zero-order valence-electron chi connectivity index (χ0n) is 10.1. The van der Waals surface area contributed by atoms with Crippen molar-refractivity contribution in [2.45, 2.75) is 6.92 Å². The molecule has 0 aliphatic heterocycles. The fourth-order valence-corrected chi connectivity index (χ4v) is 1.64. The maximum absolute atomic E-state index is 11.2. The van der Waals surface area contributed by atoms with Gasteiger partial charge in [0.25, 0.3) is 0 Å². The summed E-state index contributed by atoms with van der Waals surface area (Å²) in [5.74, 6) is 0.672. The molecule has 0 atom stereocenters. The summed E-state index contributed by atoms with van der Waals surface area (Å²) in [6, 6.07) is 9.93. The van der Waals surface area contributed by atoms with Crippen molar-refractivity contribution in [3.05, 3.63) is 52.7 Å². The van der Waals surface area contributed by atoms with Crippen LogP contribution in [0, 0.1) is 11.3 Å². The van der Waals surface area contributed by atoms with E-state index in [4.69, 9.17) is 21.6 Å². The van der Waals surface area contributed by atoms with Crippen LogP contribution in [0.4, 0.5) is 0 Å². The van der Waals surface area contributed by atoms with Gasteiger partial charge in [-0.3, -0.25) is 4.79 Å². The van der Waals surface area contributed by atoms with Crippen LogP contribution in [0.25, 0.3) is 0 Å². The van der Waals surface area contributed by atoms with Gasteiger partial charge >= 0.3 is 0 Å². The third-order valence-corrected chi connectivity index (χ3v) is 2.71. The Balaban J connectivity index is 2.23. The molecule has 94 valence electrons. The summed E-state index contributed by atoms with van der Waals surface area (Å²) in [7, 11) is 0.